The van der Waals surface area contributed by atoms with E-state index in [0.717, 1.165) is 49.1 Å². The first-order valence-electron chi connectivity index (χ1n) is 12.5. The van der Waals surface area contributed by atoms with Gasteiger partial charge in [-0.2, -0.15) is 0 Å². The van der Waals surface area contributed by atoms with Crippen LogP contribution in [0.4, 0.5) is 8.78 Å². The molecule has 0 aromatic heterocycles. The van der Waals surface area contributed by atoms with Crippen LogP contribution in [0, 0.1) is 11.6 Å². The Morgan fingerprint density at radius 1 is 1.00 bits per heavy atom. The number of β-amino-alcohol motifs (C(OH)–C–C–N with tert-alkyl or cyclic N) is 1. The first-order chi connectivity index (χ1) is 16.9. The molecule has 2 bridgehead atoms. The molecule has 188 valence electrons. The monoisotopic (exact) mass is 546 g/mol. The van der Waals surface area contributed by atoms with Crippen LogP contribution in [0.15, 0.2) is 53.0 Å². The molecule has 0 saturated carbocycles. The number of halogens is 3. The minimum absolute atomic E-state index is 0.0878. The van der Waals surface area contributed by atoms with Crippen LogP contribution in [-0.4, -0.2) is 29.7 Å². The van der Waals surface area contributed by atoms with E-state index in [-0.39, 0.29) is 24.9 Å². The van der Waals surface area contributed by atoms with Crippen molar-refractivity contribution in [2.24, 2.45) is 0 Å². The highest BCUT2D eigenvalue weighted by molar-refractivity contribution is 9.10. The summed E-state index contributed by atoms with van der Waals surface area (Å²) in [6, 6.07) is 9.15. The molecule has 0 spiro atoms. The molecule has 35 heavy (non-hydrogen) atoms. The van der Waals surface area contributed by atoms with Gasteiger partial charge in [-0.25, -0.2) is 8.78 Å². The average molecular weight is 547 g/mol. The van der Waals surface area contributed by atoms with Gasteiger partial charge in [-0.3, -0.25) is 4.79 Å². The van der Waals surface area contributed by atoms with Crippen molar-refractivity contribution in [3.63, 3.8) is 0 Å². The van der Waals surface area contributed by atoms with Crippen molar-refractivity contribution in [3.8, 4) is 0 Å². The molecule has 4 atom stereocenters. The van der Waals surface area contributed by atoms with Gasteiger partial charge in [-0.05, 0) is 91.8 Å². The zero-order valence-electron chi connectivity index (χ0n) is 19.8. The van der Waals surface area contributed by atoms with Crippen molar-refractivity contribution >= 4 is 21.8 Å². The Bertz CT molecular complexity index is 1040. The number of rotatable bonds is 2. The fraction of sp³-hybridized carbons (Fsp3) is 0.464. The predicted octanol–water partition coefficient (Wildman–Crippen LogP) is 5.84. The summed E-state index contributed by atoms with van der Waals surface area (Å²) in [6.45, 7) is 0.256. The fourth-order valence-corrected chi connectivity index (χ4v) is 5.63. The molecule has 2 aromatic rings. The summed E-state index contributed by atoms with van der Waals surface area (Å²) in [5.41, 5.74) is 2.97. The molecule has 1 aliphatic heterocycles. The van der Waals surface area contributed by atoms with Crippen LogP contribution >= 0.6 is 15.9 Å². The summed E-state index contributed by atoms with van der Waals surface area (Å²) >= 11 is 3.58. The minimum atomic E-state index is -0.919. The molecule has 4 nitrogen and oxygen atoms in total. The third-order valence-corrected chi connectivity index (χ3v) is 7.51. The standard InChI is InChI=1S/C28H33BrF2N2O2/c29-20-9-10-23-19-7-5-3-1-2-4-6-8-28(35)33-26(13-18-11-21(30)16-22(31)12-18)27(34)17-32-25(14-19)24(23)15-20/h1,3,9-12,15-16,19,25-27,32,34H,2,4-8,13-14,17H2,(H,33,35)/t19-,25+,26+,27-/m1/s1. The average Bonchev–Trinajstić information content (AvgIpc) is 3.14. The predicted molar refractivity (Wildman–Crippen MR) is 137 cm³/mol. The second kappa shape index (κ2) is 12.2. The van der Waals surface area contributed by atoms with Crippen molar-refractivity contribution in [1.29, 1.82) is 0 Å². The van der Waals surface area contributed by atoms with Gasteiger partial charge in [0.15, 0.2) is 0 Å². The van der Waals surface area contributed by atoms with Crippen LogP contribution < -0.4 is 10.6 Å². The van der Waals surface area contributed by atoms with E-state index in [1.54, 1.807) is 0 Å². The summed E-state index contributed by atoms with van der Waals surface area (Å²) in [5.74, 6) is -1.06. The van der Waals surface area contributed by atoms with E-state index >= 15 is 0 Å². The largest absolute Gasteiger partial charge is 0.390 e. The fourth-order valence-electron chi connectivity index (χ4n) is 5.26. The Balaban J connectivity index is 1.54. The van der Waals surface area contributed by atoms with Gasteiger partial charge < -0.3 is 15.7 Å². The Kier molecular flexibility index (Phi) is 9.09. The zero-order valence-corrected chi connectivity index (χ0v) is 21.4. The molecule has 1 aliphatic carbocycles. The van der Waals surface area contributed by atoms with Crippen LogP contribution in [0.5, 0.6) is 0 Å². The SMILES string of the molecule is O=C1CCCCC=CCC[C@@H]2C[C@H](NC[C@@H](O)[C@H](Cc3cc(F)cc(F)c3)N1)c1cc(Br)ccc12. The van der Waals surface area contributed by atoms with E-state index in [4.69, 9.17) is 0 Å². The van der Waals surface area contributed by atoms with Crippen molar-refractivity contribution in [2.75, 3.05) is 6.54 Å². The topological polar surface area (TPSA) is 61.4 Å². The van der Waals surface area contributed by atoms with E-state index in [9.17, 15) is 18.7 Å². The first-order valence-corrected chi connectivity index (χ1v) is 13.3. The number of benzene rings is 2. The molecule has 2 aromatic carbocycles. The third kappa shape index (κ3) is 7.21. The summed E-state index contributed by atoms with van der Waals surface area (Å²) in [7, 11) is 0. The number of carbonyl (C=O) groups excluding carboxylic acids is 1. The number of allylic oxidation sites excluding steroid dienone is 2. The van der Waals surface area contributed by atoms with Crippen LogP contribution in [0.25, 0.3) is 0 Å². The highest BCUT2D eigenvalue weighted by Gasteiger charge is 2.31. The van der Waals surface area contributed by atoms with E-state index < -0.39 is 23.8 Å². The Morgan fingerprint density at radius 2 is 1.77 bits per heavy atom. The lowest BCUT2D eigenvalue weighted by Gasteiger charge is -2.26. The van der Waals surface area contributed by atoms with Gasteiger partial charge >= 0.3 is 0 Å². The lowest BCUT2D eigenvalue weighted by molar-refractivity contribution is -0.122. The summed E-state index contributed by atoms with van der Waals surface area (Å²) in [5, 5.41) is 17.5. The van der Waals surface area contributed by atoms with Gasteiger partial charge in [0.05, 0.1) is 12.1 Å². The lowest BCUT2D eigenvalue weighted by Crippen LogP contribution is -2.49. The molecule has 0 fully saturated rings. The van der Waals surface area contributed by atoms with E-state index in [2.05, 4.69) is 56.9 Å². The minimum Gasteiger partial charge on any atom is -0.390 e. The number of hydrogen-bond acceptors (Lipinski definition) is 3. The van der Waals surface area contributed by atoms with Crippen LogP contribution in [0.1, 0.15) is 73.6 Å². The van der Waals surface area contributed by atoms with Crippen molar-refractivity contribution in [1.82, 2.24) is 10.6 Å². The Morgan fingerprint density at radius 3 is 2.57 bits per heavy atom. The number of hydrogen-bond donors (Lipinski definition) is 3. The summed E-state index contributed by atoms with van der Waals surface area (Å²) in [6.07, 6.45) is 9.65. The van der Waals surface area contributed by atoms with Gasteiger partial charge in [0.25, 0.3) is 0 Å². The molecule has 0 radical (unpaired) electrons. The summed E-state index contributed by atoms with van der Waals surface area (Å²) < 4.78 is 28.6. The quantitative estimate of drug-likeness (QED) is 0.414. The van der Waals surface area contributed by atoms with Crippen LogP contribution in [0.2, 0.25) is 0 Å². The third-order valence-electron chi connectivity index (χ3n) is 7.02. The highest BCUT2D eigenvalue weighted by Crippen LogP contribution is 2.43. The molecule has 3 N–H and O–H groups in total. The van der Waals surface area contributed by atoms with Gasteiger partial charge in [-0.1, -0.05) is 34.1 Å². The molecule has 2 aliphatic rings. The Labute approximate surface area is 214 Å². The van der Waals surface area contributed by atoms with E-state index in [1.807, 2.05) is 0 Å². The van der Waals surface area contributed by atoms with Crippen molar-refractivity contribution in [2.45, 2.75) is 75.5 Å². The highest BCUT2D eigenvalue weighted by atomic mass is 79.9. The smallest absolute Gasteiger partial charge is 0.220 e. The molecular weight excluding hydrogens is 514 g/mol. The van der Waals surface area contributed by atoms with Crippen LogP contribution in [-0.2, 0) is 11.2 Å². The number of nitrogens with one attached hydrogen (secondary N) is 2. The number of amides is 1. The number of aliphatic hydroxyl groups excluding tert-OH is 1. The first kappa shape index (κ1) is 26.0. The Hall–Kier alpha value is -2.09. The number of fused-ring (bicyclic) bond motifs is 5. The van der Waals surface area contributed by atoms with Gasteiger partial charge in [0, 0.05) is 29.5 Å². The second-order valence-electron chi connectivity index (χ2n) is 9.68. The molecular formula is C28H33BrF2N2O2. The van der Waals surface area contributed by atoms with Gasteiger partial charge in [-0.15, -0.1) is 0 Å². The molecule has 1 heterocycles. The maximum Gasteiger partial charge on any atom is 0.220 e. The van der Waals surface area contributed by atoms with Gasteiger partial charge in [0.1, 0.15) is 11.6 Å². The molecule has 0 saturated heterocycles. The van der Waals surface area contributed by atoms with Crippen molar-refractivity contribution < 1.29 is 18.7 Å². The molecule has 0 unspecified atom stereocenters. The second-order valence-corrected chi connectivity index (χ2v) is 10.6. The van der Waals surface area contributed by atoms with E-state index in [1.165, 1.54) is 23.3 Å². The lowest BCUT2D eigenvalue weighted by atomic mass is 9.96. The number of aliphatic hydroxyl groups is 1. The van der Waals surface area contributed by atoms with Crippen LogP contribution in [0.3, 0.4) is 0 Å². The zero-order chi connectivity index (χ0) is 24.8. The molecule has 7 heteroatoms. The summed E-state index contributed by atoms with van der Waals surface area (Å²) in [4.78, 5) is 12.6. The van der Waals surface area contributed by atoms with Crippen molar-refractivity contribution in [3.05, 3.63) is 81.3 Å². The maximum atomic E-state index is 13.8. The number of carbonyl (C=O) groups is 1. The van der Waals surface area contributed by atoms with E-state index in [0.29, 0.717) is 17.9 Å². The maximum absolute atomic E-state index is 13.8. The molecule has 1 amide bonds. The molecule has 4 rings (SSSR count). The normalized spacial score (nSPS) is 26.1. The van der Waals surface area contributed by atoms with Gasteiger partial charge in [0.2, 0.25) is 5.91 Å².